The van der Waals surface area contributed by atoms with E-state index in [1.807, 2.05) is 19.9 Å². The van der Waals surface area contributed by atoms with Crippen LogP contribution in [0, 0.1) is 5.92 Å². The minimum Gasteiger partial charge on any atom is -0.322 e. The van der Waals surface area contributed by atoms with Crippen LogP contribution in [0.5, 0.6) is 0 Å². The fourth-order valence-corrected chi connectivity index (χ4v) is 3.22. The summed E-state index contributed by atoms with van der Waals surface area (Å²) in [6.45, 7) is 3.65. The maximum atomic E-state index is 12.3. The first-order valence-corrected chi connectivity index (χ1v) is 8.91. The third-order valence-electron chi connectivity index (χ3n) is 3.52. The molecule has 0 spiro atoms. The Balaban J connectivity index is 1.80. The Labute approximate surface area is 154 Å². The summed E-state index contributed by atoms with van der Waals surface area (Å²) >= 11 is 7.44. The molecule has 128 valence electrons. The number of hydrogen-bond donors (Lipinski definition) is 2. The van der Waals surface area contributed by atoms with Crippen molar-refractivity contribution in [1.82, 2.24) is 4.98 Å². The summed E-state index contributed by atoms with van der Waals surface area (Å²) in [6, 6.07) is 12.3. The first kappa shape index (κ1) is 17.4. The van der Waals surface area contributed by atoms with Gasteiger partial charge in [-0.2, -0.15) is 0 Å². The SMILES string of the molecule is CC(C)C(=O)Nc1nc2cc(NC(=O)c3ccccc3Cl)ccc2s1. The fraction of sp³-hybridized carbons (Fsp3) is 0.167. The van der Waals surface area contributed by atoms with Crippen LogP contribution in [0.25, 0.3) is 10.2 Å². The number of thiazole rings is 1. The number of aromatic nitrogens is 1. The van der Waals surface area contributed by atoms with Gasteiger partial charge in [0, 0.05) is 11.6 Å². The molecule has 0 saturated heterocycles. The summed E-state index contributed by atoms with van der Waals surface area (Å²) in [6.07, 6.45) is 0. The van der Waals surface area contributed by atoms with Crippen LogP contribution in [0.15, 0.2) is 42.5 Å². The van der Waals surface area contributed by atoms with E-state index in [-0.39, 0.29) is 17.7 Å². The maximum Gasteiger partial charge on any atom is 0.257 e. The first-order valence-electron chi connectivity index (χ1n) is 7.71. The summed E-state index contributed by atoms with van der Waals surface area (Å²) in [5, 5.41) is 6.54. The molecule has 7 heteroatoms. The highest BCUT2D eigenvalue weighted by molar-refractivity contribution is 7.22. The molecule has 0 saturated carbocycles. The van der Waals surface area contributed by atoms with E-state index in [1.165, 1.54) is 11.3 Å². The lowest BCUT2D eigenvalue weighted by Crippen LogP contribution is -2.17. The van der Waals surface area contributed by atoms with Crippen molar-refractivity contribution in [3.8, 4) is 0 Å². The normalized spacial score (nSPS) is 10.9. The second-order valence-electron chi connectivity index (χ2n) is 5.78. The number of nitrogens with zero attached hydrogens (tertiary/aromatic N) is 1. The van der Waals surface area contributed by atoms with Gasteiger partial charge in [0.15, 0.2) is 5.13 Å². The zero-order valence-corrected chi connectivity index (χ0v) is 15.2. The van der Waals surface area contributed by atoms with E-state index in [0.717, 1.165) is 4.70 Å². The summed E-state index contributed by atoms with van der Waals surface area (Å²) in [7, 11) is 0. The molecule has 3 aromatic rings. The predicted octanol–water partition coefficient (Wildman–Crippen LogP) is 4.80. The van der Waals surface area contributed by atoms with Gasteiger partial charge in [0.1, 0.15) is 0 Å². The van der Waals surface area contributed by atoms with Crippen LogP contribution < -0.4 is 10.6 Å². The molecule has 5 nitrogen and oxygen atoms in total. The molecular weight excluding hydrogens is 358 g/mol. The third kappa shape index (κ3) is 3.97. The van der Waals surface area contributed by atoms with Crippen LogP contribution >= 0.6 is 22.9 Å². The van der Waals surface area contributed by atoms with Crippen molar-refractivity contribution in [1.29, 1.82) is 0 Å². The molecular formula is C18H16ClN3O2S. The Kier molecular flexibility index (Phi) is 5.01. The molecule has 2 N–H and O–H groups in total. The second-order valence-corrected chi connectivity index (χ2v) is 7.22. The molecule has 0 atom stereocenters. The van der Waals surface area contributed by atoms with Crippen molar-refractivity contribution in [3.63, 3.8) is 0 Å². The van der Waals surface area contributed by atoms with Gasteiger partial charge in [-0.05, 0) is 30.3 Å². The number of carbonyl (C=O) groups excluding carboxylic acids is 2. The van der Waals surface area contributed by atoms with Crippen LogP contribution in [0.2, 0.25) is 5.02 Å². The lowest BCUT2D eigenvalue weighted by molar-refractivity contribution is -0.118. The van der Waals surface area contributed by atoms with Crippen molar-refractivity contribution in [2.75, 3.05) is 10.6 Å². The highest BCUT2D eigenvalue weighted by Gasteiger charge is 2.13. The Bertz CT molecular complexity index is 952. The quantitative estimate of drug-likeness (QED) is 0.690. The average Bonchev–Trinajstić information content (AvgIpc) is 2.96. The molecule has 0 aliphatic rings. The number of halogens is 1. The topological polar surface area (TPSA) is 71.1 Å². The molecule has 1 heterocycles. The van der Waals surface area contributed by atoms with E-state index in [4.69, 9.17) is 11.6 Å². The molecule has 1 aromatic heterocycles. The average molecular weight is 374 g/mol. The molecule has 0 aliphatic heterocycles. The maximum absolute atomic E-state index is 12.3. The van der Waals surface area contributed by atoms with Gasteiger partial charge in [-0.3, -0.25) is 9.59 Å². The molecule has 0 fully saturated rings. The van der Waals surface area contributed by atoms with Gasteiger partial charge in [0.2, 0.25) is 5.91 Å². The van der Waals surface area contributed by atoms with E-state index >= 15 is 0 Å². The van der Waals surface area contributed by atoms with Gasteiger partial charge in [0.05, 0.1) is 20.8 Å². The van der Waals surface area contributed by atoms with Crippen LogP contribution in [0.4, 0.5) is 10.8 Å². The standard InChI is InChI=1S/C18H16ClN3O2S/c1-10(2)16(23)22-18-21-14-9-11(7-8-15(14)25-18)20-17(24)12-5-3-4-6-13(12)19/h3-10H,1-2H3,(H,20,24)(H,21,22,23). The number of nitrogens with one attached hydrogen (secondary N) is 2. The van der Waals surface area contributed by atoms with Crippen LogP contribution in [-0.4, -0.2) is 16.8 Å². The summed E-state index contributed by atoms with van der Waals surface area (Å²) in [5.41, 5.74) is 1.73. The van der Waals surface area contributed by atoms with Crippen LogP contribution in [-0.2, 0) is 4.79 Å². The van der Waals surface area contributed by atoms with Crippen molar-refractivity contribution >= 4 is 55.8 Å². The third-order valence-corrected chi connectivity index (χ3v) is 4.80. The number of amides is 2. The predicted molar refractivity (Wildman–Crippen MR) is 102 cm³/mol. The lowest BCUT2D eigenvalue weighted by Gasteiger charge is -2.06. The van der Waals surface area contributed by atoms with E-state index < -0.39 is 0 Å². The summed E-state index contributed by atoms with van der Waals surface area (Å²) in [4.78, 5) is 28.5. The van der Waals surface area contributed by atoms with Gasteiger partial charge in [0.25, 0.3) is 5.91 Å². The van der Waals surface area contributed by atoms with Crippen molar-refractivity contribution < 1.29 is 9.59 Å². The van der Waals surface area contributed by atoms with Gasteiger partial charge in [-0.25, -0.2) is 4.98 Å². The van der Waals surface area contributed by atoms with Crippen molar-refractivity contribution in [3.05, 3.63) is 53.1 Å². The first-order chi connectivity index (χ1) is 11.9. The number of hydrogen-bond acceptors (Lipinski definition) is 4. The molecule has 2 amide bonds. The molecule has 0 bridgehead atoms. The molecule has 3 rings (SSSR count). The summed E-state index contributed by atoms with van der Waals surface area (Å²) in [5.74, 6) is -0.475. The van der Waals surface area contributed by atoms with E-state index in [2.05, 4.69) is 15.6 Å². The lowest BCUT2D eigenvalue weighted by atomic mass is 10.2. The molecule has 2 aromatic carbocycles. The Morgan fingerprint density at radius 2 is 1.88 bits per heavy atom. The van der Waals surface area contributed by atoms with Gasteiger partial charge < -0.3 is 10.6 Å². The molecule has 25 heavy (non-hydrogen) atoms. The Morgan fingerprint density at radius 1 is 1.12 bits per heavy atom. The minimum atomic E-state index is -0.284. The minimum absolute atomic E-state index is 0.0775. The fourth-order valence-electron chi connectivity index (χ4n) is 2.15. The van der Waals surface area contributed by atoms with E-state index in [9.17, 15) is 9.59 Å². The van der Waals surface area contributed by atoms with Crippen LogP contribution in [0.3, 0.4) is 0 Å². The molecule has 0 aliphatic carbocycles. The molecule has 0 unspecified atom stereocenters. The van der Waals surface area contributed by atoms with Gasteiger partial charge >= 0.3 is 0 Å². The number of fused-ring (bicyclic) bond motifs is 1. The smallest absolute Gasteiger partial charge is 0.257 e. The van der Waals surface area contributed by atoms with Crippen LogP contribution in [0.1, 0.15) is 24.2 Å². The second kappa shape index (κ2) is 7.21. The van der Waals surface area contributed by atoms with Crippen molar-refractivity contribution in [2.24, 2.45) is 5.92 Å². The van der Waals surface area contributed by atoms with Crippen molar-refractivity contribution in [2.45, 2.75) is 13.8 Å². The number of rotatable bonds is 4. The highest BCUT2D eigenvalue weighted by atomic mass is 35.5. The number of benzene rings is 2. The van der Waals surface area contributed by atoms with Gasteiger partial charge in [-0.15, -0.1) is 0 Å². The monoisotopic (exact) mass is 373 g/mol. The zero-order chi connectivity index (χ0) is 18.0. The number of anilines is 2. The van der Waals surface area contributed by atoms with E-state index in [0.29, 0.717) is 26.9 Å². The number of carbonyl (C=O) groups is 2. The molecule has 0 radical (unpaired) electrons. The Hall–Kier alpha value is -2.44. The highest BCUT2D eigenvalue weighted by Crippen LogP contribution is 2.29. The Morgan fingerprint density at radius 3 is 2.60 bits per heavy atom. The van der Waals surface area contributed by atoms with Gasteiger partial charge in [-0.1, -0.05) is 48.9 Å². The van der Waals surface area contributed by atoms with E-state index in [1.54, 1.807) is 36.4 Å². The zero-order valence-electron chi connectivity index (χ0n) is 13.7. The largest absolute Gasteiger partial charge is 0.322 e. The summed E-state index contributed by atoms with van der Waals surface area (Å²) < 4.78 is 0.926.